The maximum absolute atomic E-state index is 12.6. The Balaban J connectivity index is 1.67. The Kier molecular flexibility index (Phi) is 5.83. The van der Waals surface area contributed by atoms with E-state index in [1.54, 1.807) is 41.3 Å². The number of carbonyl (C=O) groups excluding carboxylic acids is 2. The van der Waals surface area contributed by atoms with Gasteiger partial charge in [0.2, 0.25) is 5.91 Å². The van der Waals surface area contributed by atoms with Gasteiger partial charge in [-0.25, -0.2) is 0 Å². The van der Waals surface area contributed by atoms with Crippen LogP contribution in [0, 0.1) is 0 Å². The zero-order chi connectivity index (χ0) is 19.2. The predicted octanol–water partition coefficient (Wildman–Crippen LogP) is 2.43. The molecule has 0 saturated carbocycles. The second-order valence-corrected chi connectivity index (χ2v) is 6.38. The van der Waals surface area contributed by atoms with Crippen LogP contribution in [0.2, 0.25) is 0 Å². The first kappa shape index (κ1) is 18.6. The smallest absolute Gasteiger partial charge is 0.320 e. The number of likely N-dealkylation sites (tertiary alicyclic amines) is 1. The molecule has 1 unspecified atom stereocenters. The maximum Gasteiger partial charge on any atom is 0.320 e. The van der Waals surface area contributed by atoms with Gasteiger partial charge in [-0.3, -0.25) is 19.3 Å². The van der Waals surface area contributed by atoms with E-state index in [0.717, 1.165) is 6.42 Å². The van der Waals surface area contributed by atoms with E-state index in [4.69, 9.17) is 0 Å². The number of carboxylic acids is 1. The van der Waals surface area contributed by atoms with Crippen LogP contribution < -0.4 is 10.6 Å². The average Bonchev–Trinajstić information content (AvgIpc) is 3.11. The van der Waals surface area contributed by atoms with E-state index >= 15 is 0 Å². The van der Waals surface area contributed by atoms with Gasteiger partial charge in [0.25, 0.3) is 5.91 Å². The first-order valence-electron chi connectivity index (χ1n) is 8.77. The van der Waals surface area contributed by atoms with Gasteiger partial charge in [0.05, 0.1) is 17.8 Å². The summed E-state index contributed by atoms with van der Waals surface area (Å²) in [6, 6.07) is 15.1. The van der Waals surface area contributed by atoms with E-state index in [2.05, 4.69) is 10.6 Å². The molecule has 7 heteroatoms. The summed E-state index contributed by atoms with van der Waals surface area (Å²) in [6.45, 7) is 0.548. The number of rotatable bonds is 6. The molecule has 0 spiro atoms. The van der Waals surface area contributed by atoms with Crippen LogP contribution in [-0.2, 0) is 9.59 Å². The molecule has 0 aromatic heterocycles. The monoisotopic (exact) mass is 367 g/mol. The Morgan fingerprint density at radius 3 is 2.44 bits per heavy atom. The van der Waals surface area contributed by atoms with Crippen LogP contribution in [0.15, 0.2) is 54.6 Å². The number of para-hydroxylation sites is 2. The highest BCUT2D eigenvalue weighted by atomic mass is 16.4. The molecule has 3 rings (SSSR count). The van der Waals surface area contributed by atoms with Gasteiger partial charge in [-0.05, 0) is 43.7 Å². The molecule has 1 heterocycles. The molecule has 140 valence electrons. The highest BCUT2D eigenvalue weighted by Gasteiger charge is 2.31. The Hall–Kier alpha value is -3.19. The van der Waals surface area contributed by atoms with E-state index in [1.165, 1.54) is 0 Å². The van der Waals surface area contributed by atoms with Crippen LogP contribution in [0.3, 0.4) is 0 Å². The number of hydrogen-bond donors (Lipinski definition) is 3. The van der Waals surface area contributed by atoms with Crippen molar-refractivity contribution in [1.82, 2.24) is 4.90 Å². The highest BCUT2D eigenvalue weighted by Crippen LogP contribution is 2.19. The van der Waals surface area contributed by atoms with Crippen LogP contribution in [0.5, 0.6) is 0 Å². The number of carboxylic acid groups (broad SMARTS) is 1. The fraction of sp³-hybridized carbons (Fsp3) is 0.250. The molecule has 2 aromatic rings. The number of carbonyl (C=O) groups is 3. The van der Waals surface area contributed by atoms with Gasteiger partial charge in [0, 0.05) is 5.69 Å². The minimum Gasteiger partial charge on any atom is -0.480 e. The molecule has 1 aliphatic rings. The topological polar surface area (TPSA) is 98.7 Å². The number of hydrogen-bond acceptors (Lipinski definition) is 4. The molecule has 1 fully saturated rings. The van der Waals surface area contributed by atoms with Gasteiger partial charge in [-0.1, -0.05) is 30.3 Å². The van der Waals surface area contributed by atoms with Gasteiger partial charge in [-0.15, -0.1) is 0 Å². The summed E-state index contributed by atoms with van der Waals surface area (Å²) in [5.74, 6) is -1.59. The molecule has 0 bridgehead atoms. The number of anilines is 2. The molecule has 27 heavy (non-hydrogen) atoms. The van der Waals surface area contributed by atoms with Crippen molar-refractivity contribution in [2.45, 2.75) is 18.9 Å². The molecule has 0 radical (unpaired) electrons. The molecule has 2 aromatic carbocycles. The second kappa shape index (κ2) is 8.46. The minimum absolute atomic E-state index is 0.0222. The first-order valence-corrected chi connectivity index (χ1v) is 8.77. The van der Waals surface area contributed by atoms with Crippen molar-refractivity contribution < 1.29 is 19.5 Å². The third kappa shape index (κ3) is 4.71. The van der Waals surface area contributed by atoms with Crippen LogP contribution >= 0.6 is 0 Å². The summed E-state index contributed by atoms with van der Waals surface area (Å²) in [6.07, 6.45) is 1.29. The van der Waals surface area contributed by atoms with Crippen LogP contribution in [0.4, 0.5) is 11.4 Å². The fourth-order valence-electron chi connectivity index (χ4n) is 3.18. The van der Waals surface area contributed by atoms with E-state index in [1.807, 2.05) is 18.2 Å². The van der Waals surface area contributed by atoms with Gasteiger partial charge in [0.15, 0.2) is 0 Å². The summed E-state index contributed by atoms with van der Waals surface area (Å²) in [5.41, 5.74) is 1.39. The van der Waals surface area contributed by atoms with Crippen LogP contribution in [0.25, 0.3) is 0 Å². The Bertz CT molecular complexity index is 838. The summed E-state index contributed by atoms with van der Waals surface area (Å²) in [5, 5.41) is 14.7. The summed E-state index contributed by atoms with van der Waals surface area (Å²) in [4.78, 5) is 37.8. The molecule has 1 saturated heterocycles. The number of aliphatic carboxylic acids is 1. The fourth-order valence-corrected chi connectivity index (χ4v) is 3.18. The first-order chi connectivity index (χ1) is 13.0. The lowest BCUT2D eigenvalue weighted by Gasteiger charge is -2.20. The molecule has 0 aliphatic carbocycles. The van der Waals surface area contributed by atoms with E-state index in [0.29, 0.717) is 29.9 Å². The lowest BCUT2D eigenvalue weighted by atomic mass is 10.1. The van der Waals surface area contributed by atoms with Crippen molar-refractivity contribution in [3.8, 4) is 0 Å². The van der Waals surface area contributed by atoms with Crippen molar-refractivity contribution in [2.75, 3.05) is 23.7 Å². The number of nitrogens with zero attached hydrogens (tertiary/aromatic N) is 1. The second-order valence-electron chi connectivity index (χ2n) is 6.38. The molecule has 1 atom stereocenters. The zero-order valence-electron chi connectivity index (χ0n) is 14.7. The summed E-state index contributed by atoms with van der Waals surface area (Å²) < 4.78 is 0. The van der Waals surface area contributed by atoms with Gasteiger partial charge in [-0.2, -0.15) is 0 Å². The Morgan fingerprint density at radius 1 is 1.00 bits per heavy atom. The molecule has 2 amide bonds. The van der Waals surface area contributed by atoms with Crippen LogP contribution in [-0.4, -0.2) is 46.9 Å². The Labute approximate surface area is 157 Å². The van der Waals surface area contributed by atoms with Crippen LogP contribution in [0.1, 0.15) is 23.2 Å². The van der Waals surface area contributed by atoms with E-state index in [-0.39, 0.29) is 18.4 Å². The number of benzene rings is 2. The average molecular weight is 367 g/mol. The largest absolute Gasteiger partial charge is 0.480 e. The van der Waals surface area contributed by atoms with Crippen molar-refractivity contribution in [2.24, 2.45) is 0 Å². The normalized spacial score (nSPS) is 16.7. The van der Waals surface area contributed by atoms with Gasteiger partial charge < -0.3 is 15.7 Å². The molecule has 3 N–H and O–H groups in total. The third-order valence-corrected chi connectivity index (χ3v) is 4.47. The maximum atomic E-state index is 12.6. The standard InChI is InChI=1S/C20H21N3O4/c24-18(13-23-12-6-11-17(23)20(26)27)22-16-10-5-4-9-15(16)19(25)21-14-7-2-1-3-8-14/h1-5,7-10,17H,6,11-13H2,(H,21,25)(H,22,24)(H,26,27). The van der Waals surface area contributed by atoms with Gasteiger partial charge >= 0.3 is 5.97 Å². The SMILES string of the molecule is O=C(CN1CCCC1C(=O)O)Nc1ccccc1C(=O)Nc1ccccc1. The number of nitrogens with one attached hydrogen (secondary N) is 2. The van der Waals surface area contributed by atoms with Crippen molar-refractivity contribution in [1.29, 1.82) is 0 Å². The van der Waals surface area contributed by atoms with Crippen molar-refractivity contribution >= 4 is 29.2 Å². The molecular formula is C20H21N3O4. The number of amides is 2. The van der Waals surface area contributed by atoms with Gasteiger partial charge in [0.1, 0.15) is 6.04 Å². The quantitative estimate of drug-likeness (QED) is 0.728. The minimum atomic E-state index is -0.914. The zero-order valence-corrected chi connectivity index (χ0v) is 14.7. The predicted molar refractivity (Wildman–Crippen MR) is 102 cm³/mol. The van der Waals surface area contributed by atoms with Crippen molar-refractivity contribution in [3.63, 3.8) is 0 Å². The van der Waals surface area contributed by atoms with E-state index < -0.39 is 12.0 Å². The lowest BCUT2D eigenvalue weighted by molar-refractivity contribution is -0.142. The molecular weight excluding hydrogens is 346 g/mol. The third-order valence-electron chi connectivity index (χ3n) is 4.47. The van der Waals surface area contributed by atoms with Crippen molar-refractivity contribution in [3.05, 3.63) is 60.2 Å². The molecule has 1 aliphatic heterocycles. The lowest BCUT2D eigenvalue weighted by Crippen LogP contribution is -2.41. The highest BCUT2D eigenvalue weighted by molar-refractivity contribution is 6.10. The van der Waals surface area contributed by atoms with E-state index in [9.17, 15) is 19.5 Å². The molecule has 7 nitrogen and oxygen atoms in total. The Morgan fingerprint density at radius 2 is 1.70 bits per heavy atom. The summed E-state index contributed by atoms with van der Waals surface area (Å²) in [7, 11) is 0. The summed E-state index contributed by atoms with van der Waals surface area (Å²) >= 11 is 0.